The summed E-state index contributed by atoms with van der Waals surface area (Å²) in [7, 11) is 0. The Kier molecular flexibility index (Phi) is 6.12. The molecule has 0 aliphatic carbocycles. The highest BCUT2D eigenvalue weighted by Gasteiger charge is 2.42. The molecule has 37 heavy (non-hydrogen) atoms. The minimum Gasteiger partial charge on any atom is -0.457 e. The number of benzene rings is 2. The highest BCUT2D eigenvalue weighted by Crippen LogP contribution is 2.43. The van der Waals surface area contributed by atoms with E-state index in [1.54, 1.807) is 6.20 Å². The quantitative estimate of drug-likeness (QED) is 0.265. The number of pyridine rings is 2. The summed E-state index contributed by atoms with van der Waals surface area (Å²) in [5.74, 6) is 1.56. The first kappa shape index (κ1) is 22.9. The summed E-state index contributed by atoms with van der Waals surface area (Å²) in [4.78, 5) is 11.2. The predicted molar refractivity (Wildman–Crippen MR) is 149 cm³/mol. The van der Waals surface area contributed by atoms with E-state index in [0.29, 0.717) is 5.11 Å². The molecule has 0 spiro atoms. The lowest BCUT2D eigenvalue weighted by molar-refractivity contribution is 0.482. The Hall–Kier alpha value is -4.49. The molecular formula is C30H25N5OS. The fourth-order valence-corrected chi connectivity index (χ4v) is 5.21. The molecule has 0 bridgehead atoms. The molecule has 6 nitrogen and oxygen atoms in total. The van der Waals surface area contributed by atoms with Crippen LogP contribution in [0.4, 0.5) is 5.69 Å². The third kappa shape index (κ3) is 4.45. The standard InChI is InChI=1S/C30H25N5OS/c1-21-12-17-27(34(21)23-8-7-18-31-20-23)29-28(26-11-5-6-19-32-26)33-30(37)35(29)22-13-15-25(16-14-22)36-24-9-3-2-4-10-24/h2-20,28-29H,1H3,(H,33,37)/t28-,29+/m1/s1. The van der Waals surface area contributed by atoms with Gasteiger partial charge in [0.05, 0.1) is 23.6 Å². The highest BCUT2D eigenvalue weighted by molar-refractivity contribution is 7.80. The molecule has 2 atom stereocenters. The lowest BCUT2D eigenvalue weighted by atomic mass is 10.0. The molecule has 6 rings (SSSR count). The van der Waals surface area contributed by atoms with E-state index in [1.165, 1.54) is 0 Å². The van der Waals surface area contributed by atoms with Gasteiger partial charge in [0.25, 0.3) is 0 Å². The topological polar surface area (TPSA) is 55.2 Å². The molecule has 1 aliphatic heterocycles. The molecule has 4 heterocycles. The molecular weight excluding hydrogens is 478 g/mol. The predicted octanol–water partition coefficient (Wildman–Crippen LogP) is 6.55. The van der Waals surface area contributed by atoms with Crippen LogP contribution in [0.3, 0.4) is 0 Å². The number of nitrogens with zero attached hydrogens (tertiary/aromatic N) is 4. The van der Waals surface area contributed by atoms with Crippen LogP contribution in [0.5, 0.6) is 11.5 Å². The number of thiocarbonyl (C=S) groups is 1. The first-order valence-electron chi connectivity index (χ1n) is 12.1. The minimum atomic E-state index is -0.141. The van der Waals surface area contributed by atoms with Crippen molar-refractivity contribution in [3.05, 3.63) is 133 Å². The van der Waals surface area contributed by atoms with E-state index in [2.05, 4.69) is 49.9 Å². The van der Waals surface area contributed by atoms with Gasteiger partial charge in [-0.1, -0.05) is 24.3 Å². The first-order chi connectivity index (χ1) is 18.2. The van der Waals surface area contributed by atoms with Crippen LogP contribution < -0.4 is 15.0 Å². The van der Waals surface area contributed by atoms with Gasteiger partial charge < -0.3 is 19.5 Å². The van der Waals surface area contributed by atoms with Gasteiger partial charge in [-0.2, -0.15) is 0 Å². The van der Waals surface area contributed by atoms with Crippen molar-refractivity contribution >= 4 is 23.0 Å². The minimum absolute atomic E-state index is 0.140. The Bertz CT molecular complexity index is 1500. The highest BCUT2D eigenvalue weighted by atomic mass is 32.1. The van der Waals surface area contributed by atoms with Crippen molar-refractivity contribution in [1.82, 2.24) is 19.9 Å². The lowest BCUT2D eigenvalue weighted by Crippen LogP contribution is -2.30. The van der Waals surface area contributed by atoms with Crippen molar-refractivity contribution in [3.8, 4) is 17.2 Å². The van der Waals surface area contributed by atoms with Crippen LogP contribution in [0.1, 0.15) is 29.2 Å². The lowest BCUT2D eigenvalue weighted by Gasteiger charge is -2.29. The molecule has 0 amide bonds. The number of rotatable bonds is 6. The van der Waals surface area contributed by atoms with Crippen LogP contribution in [-0.4, -0.2) is 19.6 Å². The zero-order valence-corrected chi connectivity index (χ0v) is 21.0. The number of anilines is 1. The van der Waals surface area contributed by atoms with E-state index in [1.807, 2.05) is 91.3 Å². The summed E-state index contributed by atoms with van der Waals surface area (Å²) < 4.78 is 8.26. The van der Waals surface area contributed by atoms with Gasteiger partial charge in [-0.05, 0) is 91.9 Å². The molecule has 0 saturated carbocycles. The average Bonchev–Trinajstić information content (AvgIpc) is 3.50. The molecule has 1 N–H and O–H groups in total. The number of nitrogens with one attached hydrogen (secondary N) is 1. The second-order valence-electron chi connectivity index (χ2n) is 8.85. The van der Waals surface area contributed by atoms with Crippen molar-refractivity contribution in [2.24, 2.45) is 0 Å². The van der Waals surface area contributed by atoms with Crippen LogP contribution in [0.2, 0.25) is 0 Å². The third-order valence-electron chi connectivity index (χ3n) is 6.51. The van der Waals surface area contributed by atoms with Crippen LogP contribution in [-0.2, 0) is 0 Å². The van der Waals surface area contributed by atoms with Crippen molar-refractivity contribution in [1.29, 1.82) is 0 Å². The first-order valence-corrected chi connectivity index (χ1v) is 12.5. The Labute approximate surface area is 221 Å². The Morgan fingerprint density at radius 2 is 1.57 bits per heavy atom. The van der Waals surface area contributed by atoms with Crippen LogP contribution in [0.25, 0.3) is 5.69 Å². The van der Waals surface area contributed by atoms with Gasteiger partial charge in [0.15, 0.2) is 5.11 Å². The molecule has 7 heteroatoms. The van der Waals surface area contributed by atoms with E-state index in [4.69, 9.17) is 17.0 Å². The maximum atomic E-state index is 6.02. The third-order valence-corrected chi connectivity index (χ3v) is 6.82. The molecule has 1 saturated heterocycles. The number of ether oxygens (including phenoxy) is 1. The summed E-state index contributed by atoms with van der Waals surface area (Å²) in [6, 6.07) is 31.8. The van der Waals surface area contributed by atoms with Crippen molar-refractivity contribution in [3.63, 3.8) is 0 Å². The summed E-state index contributed by atoms with van der Waals surface area (Å²) in [5, 5.41) is 4.19. The average molecular weight is 504 g/mol. The fourth-order valence-electron chi connectivity index (χ4n) is 4.86. The van der Waals surface area contributed by atoms with Gasteiger partial charge in [-0.25, -0.2) is 0 Å². The van der Waals surface area contributed by atoms with Crippen molar-refractivity contribution in [2.75, 3.05) is 4.90 Å². The largest absolute Gasteiger partial charge is 0.457 e. The van der Waals surface area contributed by atoms with Crippen molar-refractivity contribution < 1.29 is 4.74 Å². The Balaban J connectivity index is 1.42. The Morgan fingerprint density at radius 3 is 2.30 bits per heavy atom. The summed E-state index contributed by atoms with van der Waals surface area (Å²) in [5.41, 5.74) is 5.12. The molecule has 1 fully saturated rings. The number of para-hydroxylation sites is 1. The van der Waals surface area contributed by atoms with E-state index >= 15 is 0 Å². The molecule has 182 valence electrons. The summed E-state index contributed by atoms with van der Waals surface area (Å²) in [6.45, 7) is 2.10. The maximum Gasteiger partial charge on any atom is 0.174 e. The second-order valence-corrected chi connectivity index (χ2v) is 9.24. The number of aryl methyl sites for hydroxylation is 1. The van der Waals surface area contributed by atoms with Gasteiger partial charge in [0, 0.05) is 29.5 Å². The fraction of sp³-hybridized carbons (Fsp3) is 0.100. The molecule has 3 aromatic heterocycles. The summed E-state index contributed by atoms with van der Waals surface area (Å²) in [6.07, 6.45) is 5.49. The van der Waals surface area contributed by atoms with Gasteiger partial charge >= 0.3 is 0 Å². The molecule has 1 aliphatic rings. The van der Waals surface area contributed by atoms with Gasteiger partial charge in [-0.3, -0.25) is 9.97 Å². The number of hydrogen-bond acceptors (Lipinski definition) is 4. The van der Waals surface area contributed by atoms with Crippen LogP contribution >= 0.6 is 12.2 Å². The molecule has 0 unspecified atom stereocenters. The van der Waals surface area contributed by atoms with Crippen LogP contribution in [0.15, 0.2) is 116 Å². The second kappa shape index (κ2) is 9.87. The van der Waals surface area contributed by atoms with Gasteiger partial charge in [0.1, 0.15) is 17.5 Å². The van der Waals surface area contributed by atoms with Gasteiger partial charge in [-0.15, -0.1) is 0 Å². The van der Waals surface area contributed by atoms with Crippen LogP contribution in [0, 0.1) is 6.92 Å². The zero-order chi connectivity index (χ0) is 25.2. The molecule has 0 radical (unpaired) electrons. The maximum absolute atomic E-state index is 6.02. The molecule has 2 aromatic carbocycles. The normalized spacial score (nSPS) is 17.0. The number of hydrogen-bond donors (Lipinski definition) is 1. The smallest absolute Gasteiger partial charge is 0.174 e. The van der Waals surface area contributed by atoms with Gasteiger partial charge in [0.2, 0.25) is 0 Å². The van der Waals surface area contributed by atoms with E-state index < -0.39 is 0 Å². The molecule has 5 aromatic rings. The van der Waals surface area contributed by atoms with Crippen molar-refractivity contribution in [2.45, 2.75) is 19.0 Å². The number of aromatic nitrogens is 3. The Morgan fingerprint density at radius 1 is 0.784 bits per heavy atom. The van der Waals surface area contributed by atoms with E-state index in [0.717, 1.165) is 40.0 Å². The zero-order valence-electron chi connectivity index (χ0n) is 20.2. The van der Waals surface area contributed by atoms with E-state index in [-0.39, 0.29) is 12.1 Å². The SMILES string of the molecule is Cc1ccc([C@H]2[C@@H](c3ccccn3)NC(=S)N2c2ccc(Oc3ccccc3)cc2)n1-c1cccnc1. The monoisotopic (exact) mass is 503 g/mol. The summed E-state index contributed by atoms with van der Waals surface area (Å²) >= 11 is 5.92. The van der Waals surface area contributed by atoms with E-state index in [9.17, 15) is 0 Å².